The minimum absolute atomic E-state index is 0.0101. The van der Waals surface area contributed by atoms with Gasteiger partial charge in [-0.05, 0) is 38.3 Å². The summed E-state index contributed by atoms with van der Waals surface area (Å²) in [4.78, 5) is 12.4. The van der Waals surface area contributed by atoms with E-state index in [-0.39, 0.29) is 29.6 Å². The molecule has 20 heavy (non-hydrogen) atoms. The third-order valence-electron chi connectivity index (χ3n) is 4.28. The summed E-state index contributed by atoms with van der Waals surface area (Å²) in [6.07, 6.45) is 4.12. The van der Waals surface area contributed by atoms with Crippen LogP contribution in [0.15, 0.2) is 24.3 Å². The van der Waals surface area contributed by atoms with Crippen LogP contribution in [0.5, 0.6) is 0 Å². The van der Waals surface area contributed by atoms with E-state index in [1.165, 1.54) is 6.07 Å². The van der Waals surface area contributed by atoms with Gasteiger partial charge in [-0.2, -0.15) is 0 Å². The maximum Gasteiger partial charge on any atom is 0.223 e. The Morgan fingerprint density at radius 3 is 2.80 bits per heavy atom. The molecule has 3 atom stereocenters. The molecule has 1 aliphatic rings. The van der Waals surface area contributed by atoms with Gasteiger partial charge >= 0.3 is 0 Å². The van der Waals surface area contributed by atoms with E-state index in [9.17, 15) is 9.18 Å². The van der Waals surface area contributed by atoms with Crippen molar-refractivity contribution in [2.75, 3.05) is 6.54 Å². The van der Waals surface area contributed by atoms with Gasteiger partial charge in [0.05, 0.1) is 6.04 Å². The summed E-state index contributed by atoms with van der Waals surface area (Å²) in [5.74, 6) is -0.0326. The molecule has 0 heterocycles. The summed E-state index contributed by atoms with van der Waals surface area (Å²) in [6.45, 7) is 2.36. The maximum absolute atomic E-state index is 13.7. The van der Waals surface area contributed by atoms with Gasteiger partial charge in [0, 0.05) is 11.5 Å². The first-order valence-corrected chi connectivity index (χ1v) is 7.38. The first-order valence-electron chi connectivity index (χ1n) is 7.38. The first-order chi connectivity index (χ1) is 9.63. The molecule has 4 heteroatoms. The van der Waals surface area contributed by atoms with Crippen molar-refractivity contribution >= 4 is 5.91 Å². The molecule has 0 bridgehead atoms. The molecule has 110 valence electrons. The average molecular weight is 278 g/mol. The van der Waals surface area contributed by atoms with Crippen LogP contribution in [-0.4, -0.2) is 12.5 Å². The van der Waals surface area contributed by atoms with Gasteiger partial charge < -0.3 is 11.1 Å². The predicted molar refractivity (Wildman–Crippen MR) is 77.5 cm³/mol. The third-order valence-corrected chi connectivity index (χ3v) is 4.28. The number of amides is 1. The Labute approximate surface area is 119 Å². The lowest BCUT2D eigenvalue weighted by Gasteiger charge is -2.30. The molecule has 0 saturated heterocycles. The van der Waals surface area contributed by atoms with Crippen LogP contribution in [0.25, 0.3) is 0 Å². The highest BCUT2D eigenvalue weighted by atomic mass is 19.1. The molecule has 1 aromatic rings. The van der Waals surface area contributed by atoms with Gasteiger partial charge in [0.15, 0.2) is 0 Å². The standard InChI is InChI=1S/C16H23FN2O/c1-11(13-7-4-5-9-15(13)17)19-16(20)14-8-3-2-6-12(14)10-18/h4-5,7,9,11-12,14H,2-3,6,8,10,18H2,1H3,(H,19,20). The Hall–Kier alpha value is -1.42. The number of hydrogen-bond donors (Lipinski definition) is 2. The van der Waals surface area contributed by atoms with Crippen LogP contribution < -0.4 is 11.1 Å². The summed E-state index contributed by atoms with van der Waals surface area (Å²) in [6, 6.07) is 6.25. The van der Waals surface area contributed by atoms with Crippen LogP contribution in [0.3, 0.4) is 0 Å². The fourth-order valence-electron chi connectivity index (χ4n) is 3.06. The Morgan fingerprint density at radius 2 is 2.10 bits per heavy atom. The monoisotopic (exact) mass is 278 g/mol. The zero-order chi connectivity index (χ0) is 14.5. The van der Waals surface area contributed by atoms with Crippen molar-refractivity contribution in [3.05, 3.63) is 35.6 Å². The molecule has 1 aromatic carbocycles. The number of carbonyl (C=O) groups is 1. The van der Waals surface area contributed by atoms with Gasteiger partial charge in [0.2, 0.25) is 5.91 Å². The van der Waals surface area contributed by atoms with E-state index in [4.69, 9.17) is 5.73 Å². The molecule has 1 aliphatic carbocycles. The Morgan fingerprint density at radius 1 is 1.40 bits per heavy atom. The van der Waals surface area contributed by atoms with E-state index >= 15 is 0 Å². The van der Waals surface area contributed by atoms with Crippen LogP contribution in [-0.2, 0) is 4.79 Å². The van der Waals surface area contributed by atoms with Crippen LogP contribution in [0.4, 0.5) is 4.39 Å². The second kappa shape index (κ2) is 6.84. The number of benzene rings is 1. The fourth-order valence-corrected chi connectivity index (χ4v) is 3.06. The minimum Gasteiger partial charge on any atom is -0.349 e. The van der Waals surface area contributed by atoms with Gasteiger partial charge in [-0.1, -0.05) is 31.0 Å². The van der Waals surface area contributed by atoms with Crippen molar-refractivity contribution < 1.29 is 9.18 Å². The lowest BCUT2D eigenvalue weighted by Crippen LogP contribution is -2.40. The lowest BCUT2D eigenvalue weighted by atomic mass is 9.78. The molecule has 0 spiro atoms. The molecule has 2 rings (SSSR count). The van der Waals surface area contributed by atoms with Crippen molar-refractivity contribution in [2.24, 2.45) is 17.6 Å². The van der Waals surface area contributed by atoms with Crippen molar-refractivity contribution in [3.63, 3.8) is 0 Å². The molecule has 0 radical (unpaired) electrons. The largest absolute Gasteiger partial charge is 0.349 e. The van der Waals surface area contributed by atoms with E-state index in [0.29, 0.717) is 12.1 Å². The van der Waals surface area contributed by atoms with Gasteiger partial charge in [-0.25, -0.2) is 4.39 Å². The van der Waals surface area contributed by atoms with Crippen molar-refractivity contribution in [2.45, 2.75) is 38.6 Å². The molecule has 1 saturated carbocycles. The number of nitrogens with two attached hydrogens (primary N) is 1. The number of hydrogen-bond acceptors (Lipinski definition) is 2. The molecule has 0 aliphatic heterocycles. The lowest BCUT2D eigenvalue weighted by molar-refractivity contribution is -0.128. The highest BCUT2D eigenvalue weighted by Gasteiger charge is 2.30. The normalized spacial score (nSPS) is 24.1. The van der Waals surface area contributed by atoms with Crippen molar-refractivity contribution in [3.8, 4) is 0 Å². The molecular weight excluding hydrogens is 255 g/mol. The minimum atomic E-state index is -0.316. The highest BCUT2D eigenvalue weighted by Crippen LogP contribution is 2.30. The number of nitrogens with one attached hydrogen (secondary N) is 1. The van der Waals surface area contributed by atoms with E-state index in [1.807, 2.05) is 6.92 Å². The number of halogens is 1. The van der Waals surface area contributed by atoms with Gasteiger partial charge in [-0.15, -0.1) is 0 Å². The number of rotatable bonds is 4. The molecular formula is C16H23FN2O. The molecule has 3 N–H and O–H groups in total. The van der Waals surface area contributed by atoms with E-state index in [1.54, 1.807) is 18.2 Å². The summed E-state index contributed by atoms with van der Waals surface area (Å²) in [5, 5.41) is 2.94. The smallest absolute Gasteiger partial charge is 0.223 e. The maximum atomic E-state index is 13.7. The molecule has 1 amide bonds. The second-order valence-electron chi connectivity index (χ2n) is 5.64. The van der Waals surface area contributed by atoms with E-state index in [0.717, 1.165) is 25.7 Å². The first kappa shape index (κ1) is 15.0. The third kappa shape index (κ3) is 3.37. The Balaban J connectivity index is 2.02. The van der Waals surface area contributed by atoms with Crippen LogP contribution >= 0.6 is 0 Å². The SMILES string of the molecule is CC(NC(=O)C1CCCCC1CN)c1ccccc1F. The van der Waals surface area contributed by atoms with Crippen molar-refractivity contribution in [1.82, 2.24) is 5.32 Å². The van der Waals surface area contributed by atoms with E-state index < -0.39 is 0 Å². The molecule has 0 aromatic heterocycles. The quantitative estimate of drug-likeness (QED) is 0.889. The Kier molecular flexibility index (Phi) is 5.12. The van der Waals surface area contributed by atoms with Crippen LogP contribution in [0, 0.1) is 17.7 Å². The highest BCUT2D eigenvalue weighted by molar-refractivity contribution is 5.79. The summed E-state index contributed by atoms with van der Waals surface area (Å²) in [7, 11) is 0. The average Bonchev–Trinajstić information content (AvgIpc) is 2.47. The van der Waals surface area contributed by atoms with Crippen molar-refractivity contribution in [1.29, 1.82) is 0 Å². The topological polar surface area (TPSA) is 55.1 Å². The molecule has 3 nitrogen and oxygen atoms in total. The zero-order valence-electron chi connectivity index (χ0n) is 11.9. The molecule has 3 unspecified atom stereocenters. The summed E-state index contributed by atoms with van der Waals surface area (Å²) in [5.41, 5.74) is 6.29. The van der Waals surface area contributed by atoms with Crippen LogP contribution in [0.1, 0.15) is 44.2 Å². The summed E-state index contributed by atoms with van der Waals surface area (Å²) >= 11 is 0. The number of carbonyl (C=O) groups excluding carboxylic acids is 1. The zero-order valence-corrected chi connectivity index (χ0v) is 11.9. The molecule has 1 fully saturated rings. The van der Waals surface area contributed by atoms with Crippen LogP contribution in [0.2, 0.25) is 0 Å². The predicted octanol–water partition coefficient (Wildman–Crippen LogP) is 2.77. The Bertz CT molecular complexity index is 464. The fraction of sp³-hybridized carbons (Fsp3) is 0.562. The van der Waals surface area contributed by atoms with Gasteiger partial charge in [-0.3, -0.25) is 4.79 Å². The second-order valence-corrected chi connectivity index (χ2v) is 5.64. The van der Waals surface area contributed by atoms with E-state index in [2.05, 4.69) is 5.32 Å². The van der Waals surface area contributed by atoms with Gasteiger partial charge in [0.1, 0.15) is 5.82 Å². The van der Waals surface area contributed by atoms with Gasteiger partial charge in [0.25, 0.3) is 0 Å². The summed E-state index contributed by atoms with van der Waals surface area (Å²) < 4.78 is 13.7.